The zero-order chi connectivity index (χ0) is 28.6. The van der Waals surface area contributed by atoms with Gasteiger partial charge in [0.2, 0.25) is 0 Å². The van der Waals surface area contributed by atoms with Crippen molar-refractivity contribution in [1.82, 2.24) is 25.2 Å². The van der Waals surface area contributed by atoms with Crippen molar-refractivity contribution in [3.8, 4) is 23.0 Å². The lowest BCUT2D eigenvalue weighted by Gasteiger charge is -2.34. The number of phenols is 1. The maximum Gasteiger partial charge on any atom is 0.319 e. The number of anilines is 1. The second-order valence-electron chi connectivity index (χ2n) is 12.3. The zero-order valence-electron chi connectivity index (χ0n) is 23.0. The molecule has 4 fully saturated rings. The summed E-state index contributed by atoms with van der Waals surface area (Å²) < 4.78 is 52.2. The van der Waals surface area contributed by atoms with Gasteiger partial charge in [0.05, 0.1) is 10.9 Å². The number of fused-ring (bicyclic) bond motifs is 5. The highest BCUT2D eigenvalue weighted by atomic mass is 19.1. The van der Waals surface area contributed by atoms with Crippen molar-refractivity contribution in [2.24, 2.45) is 0 Å². The zero-order valence-corrected chi connectivity index (χ0v) is 23.0. The summed E-state index contributed by atoms with van der Waals surface area (Å²) in [5.74, 6) is -0.889. The molecule has 0 saturated carbocycles. The Balaban J connectivity index is 1.26. The third-order valence-corrected chi connectivity index (χ3v) is 9.56. The Bertz CT molecular complexity index is 1710. The van der Waals surface area contributed by atoms with E-state index in [2.05, 4.69) is 25.1 Å². The first-order valence-electron chi connectivity index (χ1n) is 14.7. The van der Waals surface area contributed by atoms with Gasteiger partial charge in [0, 0.05) is 55.3 Å². The van der Waals surface area contributed by atoms with Crippen LogP contribution < -0.4 is 15.0 Å². The lowest BCUT2D eigenvalue weighted by molar-refractivity contribution is 0.107. The first-order valence-corrected chi connectivity index (χ1v) is 14.7. The van der Waals surface area contributed by atoms with Crippen LogP contribution in [0.3, 0.4) is 0 Å². The Labute approximate surface area is 240 Å². The van der Waals surface area contributed by atoms with Crippen LogP contribution >= 0.6 is 0 Å². The van der Waals surface area contributed by atoms with Crippen molar-refractivity contribution in [2.45, 2.75) is 55.9 Å². The number of hydrogen-bond donors (Lipinski definition) is 2. The molecule has 4 aliphatic rings. The lowest BCUT2D eigenvalue weighted by atomic mass is 9.95. The maximum atomic E-state index is 16.5. The molecule has 4 saturated heterocycles. The van der Waals surface area contributed by atoms with E-state index < -0.39 is 23.3 Å². The Morgan fingerprint density at radius 3 is 2.76 bits per heavy atom. The van der Waals surface area contributed by atoms with Gasteiger partial charge in [-0.1, -0.05) is 12.1 Å². The number of aromatic hydroxyl groups is 1. The molecule has 2 aromatic carbocycles. The number of benzene rings is 2. The van der Waals surface area contributed by atoms with E-state index in [-0.39, 0.29) is 40.5 Å². The van der Waals surface area contributed by atoms with E-state index in [1.165, 1.54) is 30.5 Å². The predicted octanol–water partition coefficient (Wildman–Crippen LogP) is 4.72. The van der Waals surface area contributed by atoms with Crippen LogP contribution in [0.5, 0.6) is 11.8 Å². The van der Waals surface area contributed by atoms with Crippen molar-refractivity contribution in [1.29, 1.82) is 0 Å². The monoisotopic (exact) mass is 576 g/mol. The molecular weight excluding hydrogens is 545 g/mol. The van der Waals surface area contributed by atoms with Gasteiger partial charge in [-0.2, -0.15) is 9.97 Å². The molecule has 42 heavy (non-hydrogen) atoms. The molecule has 8 nitrogen and oxygen atoms in total. The van der Waals surface area contributed by atoms with Gasteiger partial charge in [0.15, 0.2) is 5.82 Å². The average Bonchev–Trinajstić information content (AvgIpc) is 3.61. The number of ether oxygens (including phenoxy) is 1. The van der Waals surface area contributed by atoms with Gasteiger partial charge in [0.25, 0.3) is 0 Å². The first kappa shape index (κ1) is 26.0. The molecule has 0 radical (unpaired) electrons. The van der Waals surface area contributed by atoms with E-state index in [0.29, 0.717) is 54.7 Å². The highest BCUT2D eigenvalue weighted by Gasteiger charge is 2.49. The molecule has 4 atom stereocenters. The summed E-state index contributed by atoms with van der Waals surface area (Å²) in [5, 5.41) is 15.0. The lowest BCUT2D eigenvalue weighted by Crippen LogP contribution is -2.51. The molecule has 11 heteroatoms. The van der Waals surface area contributed by atoms with Gasteiger partial charge in [-0.25, -0.2) is 13.2 Å². The van der Waals surface area contributed by atoms with E-state index in [4.69, 9.17) is 9.72 Å². The van der Waals surface area contributed by atoms with Crippen LogP contribution in [0.15, 0.2) is 36.5 Å². The number of phenolic OH excluding ortho intramolecular Hbond substituents is 1. The highest BCUT2D eigenvalue weighted by Crippen LogP contribution is 2.41. The molecular formula is C31H31F3N6O2. The topological polar surface area (TPSA) is 86.6 Å². The fraction of sp³-hybridized carbons (Fsp3) is 0.452. The largest absolute Gasteiger partial charge is 0.508 e. The maximum absolute atomic E-state index is 16.5. The molecule has 0 spiro atoms. The van der Waals surface area contributed by atoms with E-state index >= 15 is 8.78 Å². The van der Waals surface area contributed by atoms with Gasteiger partial charge in [0.1, 0.15) is 41.4 Å². The van der Waals surface area contributed by atoms with Crippen molar-refractivity contribution >= 4 is 27.5 Å². The van der Waals surface area contributed by atoms with Crippen molar-refractivity contribution in [3.63, 3.8) is 0 Å². The number of pyridine rings is 1. The van der Waals surface area contributed by atoms with Crippen molar-refractivity contribution in [2.75, 3.05) is 37.7 Å². The fourth-order valence-corrected chi connectivity index (χ4v) is 7.69. The summed E-state index contributed by atoms with van der Waals surface area (Å²) in [7, 11) is 0. The summed E-state index contributed by atoms with van der Waals surface area (Å²) in [6.45, 7) is 2.85. The third-order valence-electron chi connectivity index (χ3n) is 9.56. The van der Waals surface area contributed by atoms with E-state index in [0.717, 1.165) is 32.2 Å². The number of nitrogens with zero attached hydrogens (tertiary/aromatic N) is 5. The van der Waals surface area contributed by atoms with Crippen LogP contribution in [0.1, 0.15) is 32.1 Å². The quantitative estimate of drug-likeness (QED) is 0.353. The van der Waals surface area contributed by atoms with Gasteiger partial charge in [-0.3, -0.25) is 9.88 Å². The molecule has 2 unspecified atom stereocenters. The second kappa shape index (κ2) is 9.67. The van der Waals surface area contributed by atoms with E-state index in [1.807, 2.05) is 0 Å². The van der Waals surface area contributed by atoms with Crippen LogP contribution in [0.25, 0.3) is 32.9 Å². The van der Waals surface area contributed by atoms with Crippen LogP contribution in [0.4, 0.5) is 19.0 Å². The first-order chi connectivity index (χ1) is 20.4. The SMILES string of the molecule is Oc1cc(-c2ncc3c(N4C[C@H]5CC[C@@H](C4)N5)nc(OCC45CCCN4CC(F)C5)nc3c2F)c2c(F)cccc2c1. The van der Waals surface area contributed by atoms with E-state index in [9.17, 15) is 9.50 Å². The number of piperazine rings is 1. The molecule has 2 N–H and O–H groups in total. The predicted molar refractivity (Wildman–Crippen MR) is 153 cm³/mol. The van der Waals surface area contributed by atoms with Gasteiger partial charge in [-0.15, -0.1) is 0 Å². The molecule has 4 aromatic rings. The Kier molecular flexibility index (Phi) is 5.98. The number of hydrogen-bond acceptors (Lipinski definition) is 8. The number of rotatable bonds is 5. The van der Waals surface area contributed by atoms with Gasteiger partial charge in [-0.05, 0) is 55.8 Å². The number of nitrogens with one attached hydrogen (secondary N) is 1. The van der Waals surface area contributed by atoms with E-state index in [1.54, 1.807) is 6.07 Å². The number of halogens is 3. The standard InChI is InChI=1S/C31H31F3N6O2/c32-18-11-31(7-2-8-40(31)13-18)16-42-30-37-28-23(29(38-30)39-14-19-5-6-20(15-39)36-19)12-35-27(26(28)34)22-10-21(41)9-17-3-1-4-24(33)25(17)22/h1,3-4,9-10,12,18-20,36,41H,2,5-8,11,13-16H2/t18?,19-,20+,31?. The summed E-state index contributed by atoms with van der Waals surface area (Å²) in [4.78, 5) is 18.0. The minimum Gasteiger partial charge on any atom is -0.508 e. The highest BCUT2D eigenvalue weighted by molar-refractivity contribution is 6.00. The van der Waals surface area contributed by atoms with Gasteiger partial charge < -0.3 is 20.1 Å². The Morgan fingerprint density at radius 1 is 1.10 bits per heavy atom. The third kappa shape index (κ3) is 4.16. The average molecular weight is 577 g/mol. The molecule has 4 aliphatic heterocycles. The van der Waals surface area contributed by atoms with Crippen LogP contribution in [-0.4, -0.2) is 81.5 Å². The Hall–Kier alpha value is -3.70. The molecule has 2 bridgehead atoms. The summed E-state index contributed by atoms with van der Waals surface area (Å²) in [5.41, 5.74) is -0.396. The van der Waals surface area contributed by atoms with Crippen LogP contribution in [0, 0.1) is 11.6 Å². The molecule has 0 aliphatic carbocycles. The molecule has 0 amide bonds. The van der Waals surface area contributed by atoms with Crippen molar-refractivity contribution < 1.29 is 23.0 Å². The number of alkyl halides is 1. The van der Waals surface area contributed by atoms with Crippen LogP contribution in [0.2, 0.25) is 0 Å². The summed E-state index contributed by atoms with van der Waals surface area (Å²) in [6, 6.07) is 7.88. The summed E-state index contributed by atoms with van der Waals surface area (Å²) >= 11 is 0. The molecule has 8 rings (SSSR count). The van der Waals surface area contributed by atoms with Crippen molar-refractivity contribution in [3.05, 3.63) is 48.2 Å². The smallest absolute Gasteiger partial charge is 0.319 e. The minimum absolute atomic E-state index is 0.00859. The fourth-order valence-electron chi connectivity index (χ4n) is 7.69. The minimum atomic E-state index is -0.901. The normalized spacial score (nSPS) is 27.3. The van der Waals surface area contributed by atoms with Crippen LogP contribution in [-0.2, 0) is 0 Å². The molecule has 218 valence electrons. The Morgan fingerprint density at radius 2 is 1.93 bits per heavy atom. The molecule has 2 aromatic heterocycles. The molecule has 6 heterocycles. The second-order valence-corrected chi connectivity index (χ2v) is 12.3. The summed E-state index contributed by atoms with van der Waals surface area (Å²) in [6.07, 6.45) is 4.94. The number of aromatic nitrogens is 3. The van der Waals surface area contributed by atoms with Gasteiger partial charge >= 0.3 is 6.01 Å².